The first kappa shape index (κ1) is 48.7. The Kier molecular flexibility index (Phi) is 17.5. The van der Waals surface area contributed by atoms with E-state index in [1.54, 1.807) is 65.8 Å². The fourth-order valence-corrected chi connectivity index (χ4v) is 6.00. The van der Waals surface area contributed by atoms with E-state index in [1.807, 2.05) is 0 Å². The molecule has 0 unspecified atom stereocenters. The largest absolute Gasteiger partial charge is 0.508 e. The maximum Gasteiger partial charge on any atom is 0.408 e. The number of aliphatic hydroxyl groups excluding tert-OH is 2. The molecule has 1 aliphatic rings. The van der Waals surface area contributed by atoms with Gasteiger partial charge in [-0.05, 0) is 88.1 Å². The van der Waals surface area contributed by atoms with E-state index < -0.39 is 96.4 Å². The molecule has 0 aliphatic carbocycles. The molecule has 2 aromatic rings. The lowest BCUT2D eigenvalue weighted by atomic mass is 9.95. The van der Waals surface area contributed by atoms with Crippen molar-refractivity contribution in [3.63, 3.8) is 0 Å². The molecular weight excluding hydrogens is 784 g/mol. The lowest BCUT2D eigenvalue weighted by Gasteiger charge is -2.28. The van der Waals surface area contributed by atoms with E-state index >= 15 is 0 Å². The Balaban J connectivity index is 2.16. The van der Waals surface area contributed by atoms with E-state index in [0.29, 0.717) is 11.1 Å². The summed E-state index contributed by atoms with van der Waals surface area (Å²) in [7, 11) is 0. The van der Waals surface area contributed by atoms with Crippen LogP contribution in [0.15, 0.2) is 36.4 Å². The van der Waals surface area contributed by atoms with Crippen LogP contribution in [0.2, 0.25) is 0 Å². The second-order valence-corrected chi connectivity index (χ2v) is 16.5. The Morgan fingerprint density at radius 1 is 0.800 bits per heavy atom. The average molecular weight is 845 g/mol. The van der Waals surface area contributed by atoms with Gasteiger partial charge in [-0.15, -0.1) is 0 Å². The zero-order valence-electron chi connectivity index (χ0n) is 34.8. The number of carbonyl (C=O) groups excluding carboxylic acids is 6. The molecule has 60 heavy (non-hydrogen) atoms. The standard InChI is InChI=1S/C40H60N8O12/c1-39(2,3)59-37(57)44-20-26(50)18-30-36(56)45-27(34(54)46-29(17-25(49)19-42)33(53)43-12-11-41)15-23-13-21(7-9-31(23)51)22-8-10-32(52)24(14-22)16-28(35(55)47-30)48-38(58)60-40(4,5)6/h7-10,13-14,25-30,49-52H,11-12,15-20,41-42H2,1-6H3,(H,43,53)(H,44,57)(H,45,56)(H,46,54)(H,47,55)(H,48,58)/t25-,26-,27+,28+,29+,30+/m1/s1. The number of phenols is 2. The summed E-state index contributed by atoms with van der Waals surface area (Å²) in [6.45, 7) is 9.16. The number of rotatable bonds is 13. The van der Waals surface area contributed by atoms with Crippen molar-refractivity contribution >= 4 is 35.8 Å². The van der Waals surface area contributed by atoms with Crippen molar-refractivity contribution < 1.29 is 58.7 Å². The molecule has 0 spiro atoms. The first-order valence-electron chi connectivity index (χ1n) is 19.5. The van der Waals surface area contributed by atoms with E-state index in [-0.39, 0.29) is 61.5 Å². The molecule has 20 heteroatoms. The van der Waals surface area contributed by atoms with Gasteiger partial charge in [0.1, 0.15) is 46.9 Å². The third kappa shape index (κ3) is 15.8. The number of aliphatic hydroxyl groups is 2. The van der Waals surface area contributed by atoms with Crippen LogP contribution < -0.4 is 43.4 Å². The highest BCUT2D eigenvalue weighted by Gasteiger charge is 2.35. The number of ether oxygens (including phenoxy) is 2. The van der Waals surface area contributed by atoms with Crippen molar-refractivity contribution in [2.24, 2.45) is 11.5 Å². The second-order valence-electron chi connectivity index (χ2n) is 16.5. The number of benzene rings is 2. The van der Waals surface area contributed by atoms with Crippen LogP contribution in [-0.4, -0.2) is 130 Å². The second kappa shape index (κ2) is 21.5. The van der Waals surface area contributed by atoms with Gasteiger partial charge in [0.05, 0.1) is 12.2 Å². The van der Waals surface area contributed by atoms with Crippen LogP contribution >= 0.6 is 0 Å². The van der Waals surface area contributed by atoms with E-state index in [1.165, 1.54) is 12.1 Å². The molecule has 6 atom stereocenters. The van der Waals surface area contributed by atoms with Crippen molar-refractivity contribution in [1.82, 2.24) is 31.9 Å². The molecule has 3 rings (SSSR count). The smallest absolute Gasteiger partial charge is 0.408 e. The highest BCUT2D eigenvalue weighted by Crippen LogP contribution is 2.31. The summed E-state index contributed by atoms with van der Waals surface area (Å²) >= 11 is 0. The van der Waals surface area contributed by atoms with Crippen molar-refractivity contribution in [2.45, 2.75) is 115 Å². The zero-order chi connectivity index (χ0) is 44.9. The topological polar surface area (TPSA) is 326 Å². The Morgan fingerprint density at radius 3 is 1.92 bits per heavy atom. The van der Waals surface area contributed by atoms with E-state index in [0.717, 1.165) is 0 Å². The zero-order valence-corrected chi connectivity index (χ0v) is 34.8. The van der Waals surface area contributed by atoms with Gasteiger partial charge < -0.3 is 73.3 Å². The molecule has 6 amide bonds. The third-order valence-corrected chi connectivity index (χ3v) is 8.86. The number of hydrogen-bond acceptors (Lipinski definition) is 14. The first-order valence-corrected chi connectivity index (χ1v) is 19.5. The molecule has 1 heterocycles. The fraction of sp³-hybridized carbons (Fsp3) is 0.550. The lowest BCUT2D eigenvalue weighted by Crippen LogP contribution is -2.60. The minimum absolute atomic E-state index is 0.0417. The molecule has 332 valence electrons. The normalized spacial score (nSPS) is 18.8. The van der Waals surface area contributed by atoms with Gasteiger partial charge in [-0.3, -0.25) is 19.2 Å². The maximum absolute atomic E-state index is 14.3. The van der Waals surface area contributed by atoms with Gasteiger partial charge in [0.2, 0.25) is 23.6 Å². The van der Waals surface area contributed by atoms with Crippen LogP contribution in [-0.2, 0) is 41.5 Å². The minimum atomic E-state index is -1.67. The molecule has 14 N–H and O–H groups in total. The maximum atomic E-state index is 14.3. The number of carbonyl (C=O) groups is 6. The Hall–Kier alpha value is -5.70. The summed E-state index contributed by atoms with van der Waals surface area (Å²) in [5, 5.41) is 58.4. The Labute approximate surface area is 348 Å². The minimum Gasteiger partial charge on any atom is -0.508 e. The fourth-order valence-electron chi connectivity index (χ4n) is 6.00. The SMILES string of the molecule is CC(C)(C)OC(=O)NC[C@H](O)C[C@@H]1NC(=O)[C@@H](NC(=O)OC(C)(C)C)Cc2cc(ccc2O)-c2ccc(O)c(c2)C[C@@H](C(=O)N[C@@H](C[C@@H](O)CN)C(=O)NCCN)NC1=O. The molecule has 20 nitrogen and oxygen atoms in total. The van der Waals surface area contributed by atoms with E-state index in [9.17, 15) is 49.2 Å². The van der Waals surface area contributed by atoms with Crippen molar-refractivity contribution in [2.75, 3.05) is 26.2 Å². The van der Waals surface area contributed by atoms with E-state index in [4.69, 9.17) is 20.9 Å². The van der Waals surface area contributed by atoms with E-state index in [2.05, 4.69) is 31.9 Å². The third-order valence-electron chi connectivity index (χ3n) is 8.86. The molecule has 0 saturated heterocycles. The van der Waals surface area contributed by atoms with Crippen molar-refractivity contribution in [1.29, 1.82) is 0 Å². The summed E-state index contributed by atoms with van der Waals surface area (Å²) in [4.78, 5) is 81.1. The van der Waals surface area contributed by atoms with Crippen LogP contribution in [0.5, 0.6) is 11.5 Å². The number of amides is 6. The molecule has 0 saturated carbocycles. The van der Waals surface area contributed by atoms with Crippen LogP contribution in [0, 0.1) is 0 Å². The average Bonchev–Trinajstić information content (AvgIpc) is 3.14. The van der Waals surface area contributed by atoms with Crippen LogP contribution in [0.3, 0.4) is 0 Å². The monoisotopic (exact) mass is 844 g/mol. The van der Waals surface area contributed by atoms with Gasteiger partial charge >= 0.3 is 12.2 Å². The summed E-state index contributed by atoms with van der Waals surface area (Å²) < 4.78 is 10.6. The highest BCUT2D eigenvalue weighted by molar-refractivity contribution is 5.95. The van der Waals surface area contributed by atoms with Gasteiger partial charge in [-0.1, -0.05) is 12.1 Å². The number of alkyl carbamates (subject to hydrolysis) is 2. The van der Waals surface area contributed by atoms with Gasteiger partial charge in [-0.25, -0.2) is 9.59 Å². The van der Waals surface area contributed by atoms with Crippen LogP contribution in [0.1, 0.15) is 65.5 Å². The number of phenolic OH excluding ortho intramolecular Hbond substituents is 2. The number of fused-ring (bicyclic) bond motifs is 5. The Morgan fingerprint density at radius 2 is 1.37 bits per heavy atom. The first-order chi connectivity index (χ1) is 28.0. The molecule has 0 radical (unpaired) electrons. The van der Waals surface area contributed by atoms with Gasteiger partial charge in [0, 0.05) is 51.9 Å². The molecule has 1 aliphatic heterocycles. The predicted molar refractivity (Wildman–Crippen MR) is 218 cm³/mol. The van der Waals surface area contributed by atoms with Crippen LogP contribution in [0.4, 0.5) is 9.59 Å². The quantitative estimate of drug-likeness (QED) is 0.118. The molecule has 0 fully saturated rings. The van der Waals surface area contributed by atoms with Crippen LogP contribution in [0.25, 0.3) is 11.1 Å². The van der Waals surface area contributed by atoms with Gasteiger partial charge in [0.15, 0.2) is 0 Å². The number of hydrogen-bond donors (Lipinski definition) is 12. The molecule has 4 bridgehead atoms. The molecular formula is C40H60N8O12. The molecule has 0 aromatic heterocycles. The summed E-state index contributed by atoms with van der Waals surface area (Å²) in [5.41, 5.74) is 10.7. The van der Waals surface area contributed by atoms with Crippen molar-refractivity contribution in [3.8, 4) is 22.6 Å². The lowest BCUT2D eigenvalue weighted by molar-refractivity contribution is -0.134. The number of nitrogens with one attached hydrogen (secondary N) is 6. The Bertz CT molecular complexity index is 1850. The highest BCUT2D eigenvalue weighted by atomic mass is 16.6. The van der Waals surface area contributed by atoms with Gasteiger partial charge in [0.25, 0.3) is 0 Å². The van der Waals surface area contributed by atoms with Gasteiger partial charge in [-0.2, -0.15) is 0 Å². The number of nitrogens with two attached hydrogens (primary N) is 2. The number of aromatic hydroxyl groups is 2. The summed E-state index contributed by atoms with van der Waals surface area (Å²) in [5.74, 6) is -4.13. The summed E-state index contributed by atoms with van der Waals surface area (Å²) in [6.07, 6.45) is -6.16. The molecule has 2 aromatic carbocycles. The summed E-state index contributed by atoms with van der Waals surface area (Å²) in [6, 6.07) is 2.90. The van der Waals surface area contributed by atoms with Crippen molar-refractivity contribution in [3.05, 3.63) is 47.5 Å². The predicted octanol–water partition coefficient (Wildman–Crippen LogP) is -0.729.